The van der Waals surface area contributed by atoms with Crippen LogP contribution >= 0.6 is 11.8 Å². The number of carbonyl (C=O) groups excluding carboxylic acids is 2. The average Bonchev–Trinajstić information content (AvgIpc) is 3.20. The van der Waals surface area contributed by atoms with E-state index >= 15 is 0 Å². The Morgan fingerprint density at radius 1 is 1.06 bits per heavy atom. The molecule has 0 aromatic heterocycles. The normalized spacial score (nSPS) is 16.1. The predicted molar refractivity (Wildman–Crippen MR) is 122 cm³/mol. The van der Waals surface area contributed by atoms with E-state index in [1.165, 1.54) is 11.8 Å². The van der Waals surface area contributed by atoms with E-state index in [1.54, 1.807) is 42.3 Å². The number of methoxy groups -OCH3 is 1. The molecule has 1 aliphatic rings. The second-order valence-corrected chi connectivity index (χ2v) is 8.35. The first kappa shape index (κ1) is 22.7. The topological polar surface area (TPSA) is 58.6 Å². The van der Waals surface area contributed by atoms with Crippen LogP contribution in [0.15, 0.2) is 72.8 Å². The number of nitrogens with one attached hydrogen (secondary N) is 1. The Labute approximate surface area is 192 Å². The smallest absolute Gasteiger partial charge is 0.416 e. The van der Waals surface area contributed by atoms with Crippen LogP contribution in [-0.2, 0) is 11.0 Å². The summed E-state index contributed by atoms with van der Waals surface area (Å²) in [5.41, 5.74) is 1.31. The summed E-state index contributed by atoms with van der Waals surface area (Å²) in [4.78, 5) is 26.8. The number of halogens is 3. The van der Waals surface area contributed by atoms with Crippen molar-refractivity contribution in [1.82, 2.24) is 0 Å². The standard InChI is InChI=1S/C24H19F3N2O3S/c1-32-20-11-9-19(10-12-20)29-21(30)14-33-23(29)16-3-2-4-18(13-16)28-22(31)15-5-7-17(8-6-15)24(25,26)27/h2-13,23H,14H2,1H3,(H,28,31)/t23-/m0/s1. The summed E-state index contributed by atoms with van der Waals surface area (Å²) in [7, 11) is 1.57. The molecule has 1 atom stereocenters. The molecular weight excluding hydrogens is 453 g/mol. The summed E-state index contributed by atoms with van der Waals surface area (Å²) in [6, 6.07) is 18.3. The molecule has 0 spiro atoms. The SMILES string of the molecule is COc1ccc(N2C(=O)CS[C@H]2c2cccc(NC(=O)c3ccc(C(F)(F)F)cc3)c2)cc1. The first-order valence-electron chi connectivity index (χ1n) is 9.92. The van der Waals surface area contributed by atoms with E-state index < -0.39 is 17.6 Å². The Balaban J connectivity index is 1.53. The van der Waals surface area contributed by atoms with Gasteiger partial charge in [-0.1, -0.05) is 12.1 Å². The molecule has 0 unspecified atom stereocenters. The van der Waals surface area contributed by atoms with Crippen LogP contribution in [0, 0.1) is 0 Å². The summed E-state index contributed by atoms with van der Waals surface area (Å²) < 4.78 is 43.4. The number of benzene rings is 3. The lowest BCUT2D eigenvalue weighted by Gasteiger charge is -2.25. The van der Waals surface area contributed by atoms with Crippen LogP contribution in [0.2, 0.25) is 0 Å². The molecule has 4 rings (SSSR count). The third-order valence-electron chi connectivity index (χ3n) is 5.12. The molecule has 0 bridgehead atoms. The molecule has 1 saturated heterocycles. The number of ether oxygens (including phenoxy) is 1. The molecule has 2 amide bonds. The van der Waals surface area contributed by atoms with E-state index in [9.17, 15) is 22.8 Å². The van der Waals surface area contributed by atoms with Crippen molar-refractivity contribution in [3.63, 3.8) is 0 Å². The second kappa shape index (κ2) is 9.19. The van der Waals surface area contributed by atoms with Crippen LogP contribution in [0.5, 0.6) is 5.75 Å². The highest BCUT2D eigenvalue weighted by Crippen LogP contribution is 2.42. The van der Waals surface area contributed by atoms with Gasteiger partial charge in [0.05, 0.1) is 18.4 Å². The van der Waals surface area contributed by atoms with Crippen LogP contribution < -0.4 is 15.0 Å². The van der Waals surface area contributed by atoms with E-state index in [1.807, 2.05) is 18.2 Å². The summed E-state index contributed by atoms with van der Waals surface area (Å²) in [6.45, 7) is 0. The molecule has 1 N–H and O–H groups in total. The van der Waals surface area contributed by atoms with Crippen molar-refractivity contribution < 1.29 is 27.5 Å². The van der Waals surface area contributed by atoms with E-state index in [2.05, 4.69) is 5.32 Å². The number of nitrogens with zero attached hydrogens (tertiary/aromatic N) is 1. The molecular formula is C24H19F3N2O3S. The van der Waals surface area contributed by atoms with Crippen molar-refractivity contribution in [3.8, 4) is 5.75 Å². The Morgan fingerprint density at radius 2 is 1.76 bits per heavy atom. The van der Waals surface area contributed by atoms with Crippen LogP contribution in [0.25, 0.3) is 0 Å². The van der Waals surface area contributed by atoms with Gasteiger partial charge in [0, 0.05) is 16.9 Å². The Kier molecular flexibility index (Phi) is 6.33. The van der Waals surface area contributed by atoms with Gasteiger partial charge in [-0.05, 0) is 66.2 Å². The van der Waals surface area contributed by atoms with Crippen molar-refractivity contribution in [2.24, 2.45) is 0 Å². The molecule has 0 aliphatic carbocycles. The third-order valence-corrected chi connectivity index (χ3v) is 6.33. The molecule has 1 aliphatic heterocycles. The van der Waals surface area contributed by atoms with Crippen LogP contribution in [0.1, 0.15) is 26.9 Å². The highest BCUT2D eigenvalue weighted by molar-refractivity contribution is 8.00. The first-order chi connectivity index (χ1) is 15.8. The molecule has 33 heavy (non-hydrogen) atoms. The van der Waals surface area contributed by atoms with Crippen molar-refractivity contribution >= 4 is 35.0 Å². The van der Waals surface area contributed by atoms with Gasteiger partial charge in [-0.15, -0.1) is 11.8 Å². The number of anilines is 2. The van der Waals surface area contributed by atoms with Crippen molar-refractivity contribution in [2.75, 3.05) is 23.1 Å². The van der Waals surface area contributed by atoms with Gasteiger partial charge in [-0.2, -0.15) is 13.2 Å². The molecule has 170 valence electrons. The van der Waals surface area contributed by atoms with Gasteiger partial charge in [0.1, 0.15) is 11.1 Å². The monoisotopic (exact) mass is 472 g/mol. The van der Waals surface area contributed by atoms with E-state index in [-0.39, 0.29) is 16.8 Å². The van der Waals surface area contributed by atoms with E-state index in [0.29, 0.717) is 17.2 Å². The number of carbonyl (C=O) groups is 2. The van der Waals surface area contributed by atoms with Crippen LogP contribution in [0.3, 0.4) is 0 Å². The maximum absolute atomic E-state index is 12.7. The number of alkyl halides is 3. The molecule has 5 nitrogen and oxygen atoms in total. The molecule has 3 aromatic carbocycles. The van der Waals surface area contributed by atoms with Gasteiger partial charge in [-0.25, -0.2) is 0 Å². The van der Waals surface area contributed by atoms with Gasteiger partial charge in [0.25, 0.3) is 5.91 Å². The van der Waals surface area contributed by atoms with Crippen LogP contribution in [0.4, 0.5) is 24.5 Å². The zero-order valence-electron chi connectivity index (χ0n) is 17.4. The zero-order valence-corrected chi connectivity index (χ0v) is 18.2. The molecule has 1 heterocycles. The molecule has 3 aromatic rings. The maximum Gasteiger partial charge on any atom is 0.416 e. The minimum atomic E-state index is -4.46. The van der Waals surface area contributed by atoms with Gasteiger partial charge < -0.3 is 10.1 Å². The quantitative estimate of drug-likeness (QED) is 0.514. The van der Waals surface area contributed by atoms with Gasteiger partial charge >= 0.3 is 6.18 Å². The summed E-state index contributed by atoms with van der Waals surface area (Å²) in [5, 5.41) is 2.43. The van der Waals surface area contributed by atoms with Crippen LogP contribution in [-0.4, -0.2) is 24.7 Å². The third kappa shape index (κ3) is 4.98. The number of rotatable bonds is 5. The average molecular weight is 472 g/mol. The maximum atomic E-state index is 12.7. The lowest BCUT2D eigenvalue weighted by molar-refractivity contribution is -0.137. The Morgan fingerprint density at radius 3 is 2.39 bits per heavy atom. The highest BCUT2D eigenvalue weighted by atomic mass is 32.2. The minimum Gasteiger partial charge on any atom is -0.497 e. The fourth-order valence-corrected chi connectivity index (χ4v) is 4.64. The van der Waals surface area contributed by atoms with Gasteiger partial charge in [-0.3, -0.25) is 14.5 Å². The Hall–Kier alpha value is -3.46. The van der Waals surface area contributed by atoms with Crippen molar-refractivity contribution in [2.45, 2.75) is 11.6 Å². The number of hydrogen-bond donors (Lipinski definition) is 1. The minimum absolute atomic E-state index is 0.0330. The summed E-state index contributed by atoms with van der Waals surface area (Å²) >= 11 is 1.47. The Bertz CT molecular complexity index is 1160. The van der Waals surface area contributed by atoms with E-state index in [4.69, 9.17) is 4.74 Å². The molecule has 9 heteroatoms. The predicted octanol–water partition coefficient (Wildman–Crippen LogP) is 5.74. The summed E-state index contributed by atoms with van der Waals surface area (Å²) in [5.74, 6) is 0.443. The van der Waals surface area contributed by atoms with E-state index in [0.717, 1.165) is 35.5 Å². The largest absolute Gasteiger partial charge is 0.497 e. The fourth-order valence-electron chi connectivity index (χ4n) is 3.48. The van der Waals surface area contributed by atoms with Crippen molar-refractivity contribution in [1.29, 1.82) is 0 Å². The van der Waals surface area contributed by atoms with Gasteiger partial charge in [0.2, 0.25) is 5.91 Å². The van der Waals surface area contributed by atoms with Gasteiger partial charge in [0.15, 0.2) is 0 Å². The zero-order chi connectivity index (χ0) is 23.6. The second-order valence-electron chi connectivity index (χ2n) is 7.28. The number of amides is 2. The van der Waals surface area contributed by atoms with Crippen molar-refractivity contribution in [3.05, 3.63) is 89.5 Å². The highest BCUT2D eigenvalue weighted by Gasteiger charge is 2.34. The fraction of sp³-hybridized carbons (Fsp3) is 0.167. The lowest BCUT2D eigenvalue weighted by atomic mass is 10.1. The summed E-state index contributed by atoms with van der Waals surface area (Å²) in [6.07, 6.45) is -4.46. The molecule has 1 fully saturated rings. The number of hydrogen-bond acceptors (Lipinski definition) is 4. The molecule has 0 saturated carbocycles. The lowest BCUT2D eigenvalue weighted by Crippen LogP contribution is -2.27. The number of thioether (sulfide) groups is 1. The molecule has 0 radical (unpaired) electrons. The first-order valence-corrected chi connectivity index (χ1v) is 11.0.